The number of sulfone groups is 1. The van der Waals surface area contributed by atoms with Gasteiger partial charge in [0, 0.05) is 30.4 Å². The molecule has 0 atom stereocenters. The fourth-order valence-electron chi connectivity index (χ4n) is 2.91. The van der Waals surface area contributed by atoms with E-state index in [2.05, 4.69) is 40.1 Å². The van der Waals surface area contributed by atoms with Gasteiger partial charge in [0.15, 0.2) is 9.84 Å². The topological polar surface area (TPSA) is 98.1 Å². The Morgan fingerprint density at radius 1 is 1.29 bits per heavy atom. The molecule has 0 saturated carbocycles. The average Bonchev–Trinajstić information content (AvgIpc) is 2.66. The van der Waals surface area contributed by atoms with Crippen LogP contribution in [0.5, 0.6) is 0 Å². The lowest BCUT2D eigenvalue weighted by Gasteiger charge is -2.22. The lowest BCUT2D eigenvalue weighted by molar-refractivity contribution is 0.0948. The van der Waals surface area contributed by atoms with Crippen LogP contribution in [-0.4, -0.2) is 30.1 Å². The van der Waals surface area contributed by atoms with Gasteiger partial charge in [0.05, 0.1) is 21.6 Å². The predicted octanol–water partition coefficient (Wildman–Crippen LogP) is 3.01. The summed E-state index contributed by atoms with van der Waals surface area (Å²) in [5, 5.41) is 2.68. The van der Waals surface area contributed by atoms with Crippen LogP contribution >= 0.6 is 15.9 Å². The number of halogens is 1. The Bertz CT molecular complexity index is 1030. The van der Waals surface area contributed by atoms with E-state index in [9.17, 15) is 18.0 Å². The Balaban J connectivity index is 2.26. The Morgan fingerprint density at radius 2 is 1.93 bits per heavy atom. The molecule has 2 heterocycles. The molecule has 0 bridgehead atoms. The number of amides is 1. The van der Waals surface area contributed by atoms with Gasteiger partial charge in [0.25, 0.3) is 5.91 Å². The Morgan fingerprint density at radius 3 is 2.43 bits per heavy atom. The standard InChI is InChI=1S/C19H24BrN3O4S/c1-5-14(6-2)23-11-16(18(24)17(20)12(23)3)19(25)22-9-13-7-8-15(10-21-13)28(4,26)27/h7-8,10-11,14H,5-6,9H2,1-4H3,(H,22,25). The zero-order chi connectivity index (χ0) is 21.1. The molecule has 1 amide bonds. The average molecular weight is 470 g/mol. The minimum Gasteiger partial charge on any atom is -0.347 e. The molecule has 2 rings (SSSR count). The van der Waals surface area contributed by atoms with Crippen LogP contribution in [0.25, 0.3) is 0 Å². The summed E-state index contributed by atoms with van der Waals surface area (Å²) in [4.78, 5) is 29.3. The van der Waals surface area contributed by atoms with Crippen LogP contribution in [0.15, 0.2) is 38.7 Å². The second-order valence-electron chi connectivity index (χ2n) is 6.59. The molecule has 7 nitrogen and oxygen atoms in total. The molecule has 152 valence electrons. The Labute approximate surface area is 173 Å². The van der Waals surface area contributed by atoms with E-state index in [1.54, 1.807) is 6.20 Å². The SMILES string of the molecule is CCC(CC)n1cc(C(=O)NCc2ccc(S(C)(=O)=O)cn2)c(=O)c(Br)c1C. The van der Waals surface area contributed by atoms with Crippen LogP contribution in [0.4, 0.5) is 0 Å². The summed E-state index contributed by atoms with van der Waals surface area (Å²) < 4.78 is 25.3. The molecule has 28 heavy (non-hydrogen) atoms. The molecule has 0 aromatic carbocycles. The van der Waals surface area contributed by atoms with Gasteiger partial charge in [-0.05, 0) is 47.8 Å². The summed E-state index contributed by atoms with van der Waals surface area (Å²) in [6.07, 6.45) is 5.72. The second kappa shape index (κ2) is 9.00. The van der Waals surface area contributed by atoms with Gasteiger partial charge in [0.1, 0.15) is 5.56 Å². The van der Waals surface area contributed by atoms with Crippen LogP contribution in [-0.2, 0) is 16.4 Å². The molecule has 0 aliphatic rings. The number of hydrogen-bond acceptors (Lipinski definition) is 5. The molecule has 9 heteroatoms. The number of rotatable bonds is 7. The van der Waals surface area contributed by atoms with E-state index in [0.29, 0.717) is 10.2 Å². The fraction of sp³-hybridized carbons (Fsp3) is 0.421. The van der Waals surface area contributed by atoms with E-state index in [-0.39, 0.29) is 28.5 Å². The van der Waals surface area contributed by atoms with Gasteiger partial charge >= 0.3 is 0 Å². The monoisotopic (exact) mass is 469 g/mol. The van der Waals surface area contributed by atoms with Crippen LogP contribution in [0, 0.1) is 6.92 Å². The van der Waals surface area contributed by atoms with E-state index < -0.39 is 15.7 Å². The summed E-state index contributed by atoms with van der Waals surface area (Å²) in [5.74, 6) is -0.501. The number of carbonyl (C=O) groups is 1. The first-order chi connectivity index (χ1) is 13.1. The minimum atomic E-state index is -3.33. The number of aromatic nitrogens is 2. The molecule has 0 aliphatic heterocycles. The van der Waals surface area contributed by atoms with E-state index in [1.807, 2.05) is 11.5 Å². The molecule has 0 spiro atoms. The van der Waals surface area contributed by atoms with Crippen molar-refractivity contribution >= 4 is 31.7 Å². The third-order valence-corrected chi connectivity index (χ3v) is 6.69. The van der Waals surface area contributed by atoms with Crippen molar-refractivity contribution < 1.29 is 13.2 Å². The third-order valence-electron chi connectivity index (χ3n) is 4.65. The predicted molar refractivity (Wildman–Crippen MR) is 111 cm³/mol. The zero-order valence-electron chi connectivity index (χ0n) is 16.3. The van der Waals surface area contributed by atoms with Gasteiger partial charge in [-0.2, -0.15) is 0 Å². The molecule has 0 aliphatic carbocycles. The third kappa shape index (κ3) is 4.88. The van der Waals surface area contributed by atoms with E-state index in [1.165, 1.54) is 18.3 Å². The van der Waals surface area contributed by atoms with Crippen molar-refractivity contribution in [2.24, 2.45) is 0 Å². The van der Waals surface area contributed by atoms with E-state index in [0.717, 1.165) is 24.8 Å². The first kappa shape index (κ1) is 22.3. The van der Waals surface area contributed by atoms with Gasteiger partial charge in [-0.3, -0.25) is 14.6 Å². The highest BCUT2D eigenvalue weighted by molar-refractivity contribution is 9.10. The molecule has 0 radical (unpaired) electrons. The first-order valence-electron chi connectivity index (χ1n) is 8.94. The summed E-state index contributed by atoms with van der Waals surface area (Å²) in [6, 6.07) is 3.16. The fourth-order valence-corrected chi connectivity index (χ4v) is 3.89. The van der Waals surface area contributed by atoms with Crippen LogP contribution in [0.1, 0.15) is 54.5 Å². The molecule has 0 saturated heterocycles. The van der Waals surface area contributed by atoms with Crippen molar-refractivity contribution in [3.8, 4) is 0 Å². The van der Waals surface area contributed by atoms with Crippen molar-refractivity contribution in [3.63, 3.8) is 0 Å². The normalized spacial score (nSPS) is 11.6. The van der Waals surface area contributed by atoms with E-state index >= 15 is 0 Å². The highest BCUT2D eigenvalue weighted by atomic mass is 79.9. The number of nitrogens with one attached hydrogen (secondary N) is 1. The van der Waals surface area contributed by atoms with Gasteiger partial charge in [-0.15, -0.1) is 0 Å². The van der Waals surface area contributed by atoms with Crippen molar-refractivity contribution in [3.05, 3.63) is 56.2 Å². The first-order valence-corrected chi connectivity index (χ1v) is 11.6. The van der Waals surface area contributed by atoms with Crippen molar-refractivity contribution in [1.29, 1.82) is 0 Å². The van der Waals surface area contributed by atoms with Gasteiger partial charge in [0.2, 0.25) is 5.43 Å². The lowest BCUT2D eigenvalue weighted by Crippen LogP contribution is -2.31. The lowest BCUT2D eigenvalue weighted by atomic mass is 10.1. The maximum Gasteiger partial charge on any atom is 0.257 e. The van der Waals surface area contributed by atoms with Crippen molar-refractivity contribution in [2.45, 2.75) is 51.1 Å². The van der Waals surface area contributed by atoms with Crippen LogP contribution in [0.2, 0.25) is 0 Å². The highest BCUT2D eigenvalue weighted by Gasteiger charge is 2.19. The molecule has 2 aromatic rings. The molecule has 0 fully saturated rings. The van der Waals surface area contributed by atoms with Crippen molar-refractivity contribution in [2.75, 3.05) is 6.26 Å². The molecule has 0 unspecified atom stereocenters. The smallest absolute Gasteiger partial charge is 0.257 e. The molecular formula is C19H24BrN3O4S. The minimum absolute atomic E-state index is 0.0529. The summed E-state index contributed by atoms with van der Waals surface area (Å²) >= 11 is 3.32. The number of pyridine rings is 2. The summed E-state index contributed by atoms with van der Waals surface area (Å²) in [6.45, 7) is 6.05. The van der Waals surface area contributed by atoms with Crippen molar-refractivity contribution in [1.82, 2.24) is 14.9 Å². The van der Waals surface area contributed by atoms with Gasteiger partial charge < -0.3 is 9.88 Å². The maximum atomic E-state index is 12.6. The number of carbonyl (C=O) groups excluding carboxylic acids is 1. The Kier molecular flexibility index (Phi) is 7.16. The zero-order valence-corrected chi connectivity index (χ0v) is 18.7. The largest absolute Gasteiger partial charge is 0.347 e. The van der Waals surface area contributed by atoms with Crippen LogP contribution < -0.4 is 10.7 Å². The summed E-state index contributed by atoms with van der Waals surface area (Å²) in [5.41, 5.74) is 0.968. The maximum absolute atomic E-state index is 12.6. The number of hydrogen-bond donors (Lipinski definition) is 1. The Hall–Kier alpha value is -2.00. The second-order valence-corrected chi connectivity index (χ2v) is 9.40. The number of nitrogens with zero attached hydrogens (tertiary/aromatic N) is 2. The van der Waals surface area contributed by atoms with Gasteiger partial charge in [-0.25, -0.2) is 8.42 Å². The molecule has 1 N–H and O–H groups in total. The van der Waals surface area contributed by atoms with Gasteiger partial charge in [-0.1, -0.05) is 13.8 Å². The quantitative estimate of drug-likeness (QED) is 0.671. The van der Waals surface area contributed by atoms with Crippen LogP contribution in [0.3, 0.4) is 0 Å². The molecule has 2 aromatic heterocycles. The van der Waals surface area contributed by atoms with E-state index in [4.69, 9.17) is 0 Å². The highest BCUT2D eigenvalue weighted by Crippen LogP contribution is 2.22. The molecular weight excluding hydrogens is 446 g/mol. The summed E-state index contributed by atoms with van der Waals surface area (Å²) in [7, 11) is -3.33.